The molecule has 2 rings (SSSR count). The first-order valence-electron chi connectivity index (χ1n) is 7.51. The average Bonchev–Trinajstić information content (AvgIpc) is 2.45. The highest BCUT2D eigenvalue weighted by atomic mass is 35.5. The summed E-state index contributed by atoms with van der Waals surface area (Å²) < 4.78 is 5.70. The van der Waals surface area contributed by atoms with Crippen LogP contribution in [0.4, 0.5) is 0 Å². The van der Waals surface area contributed by atoms with Crippen LogP contribution in [0.2, 0.25) is 5.02 Å². The highest BCUT2D eigenvalue weighted by molar-refractivity contribution is 6.32. The summed E-state index contributed by atoms with van der Waals surface area (Å²) in [5.74, 6) is 1.68. The second kappa shape index (κ2) is 9.52. The van der Waals surface area contributed by atoms with Gasteiger partial charge in [-0.3, -0.25) is 4.90 Å². The molecule has 0 bridgehead atoms. The van der Waals surface area contributed by atoms with Crippen LogP contribution in [0.15, 0.2) is 18.2 Å². The summed E-state index contributed by atoms with van der Waals surface area (Å²) in [4.78, 5) is 2.50. The van der Waals surface area contributed by atoms with Gasteiger partial charge in [-0.1, -0.05) is 23.7 Å². The molecule has 21 heavy (non-hydrogen) atoms. The van der Waals surface area contributed by atoms with Gasteiger partial charge in [0.15, 0.2) is 0 Å². The molecule has 0 saturated carbocycles. The number of nitrogens with zero attached hydrogens (tertiary/aromatic N) is 1. The summed E-state index contributed by atoms with van der Waals surface area (Å²) in [6.45, 7) is 7.03. The second-order valence-corrected chi connectivity index (χ2v) is 5.85. The van der Waals surface area contributed by atoms with Gasteiger partial charge in [-0.2, -0.15) is 0 Å². The van der Waals surface area contributed by atoms with Crippen LogP contribution in [-0.4, -0.2) is 38.2 Å². The lowest BCUT2D eigenvalue weighted by atomic mass is 9.96. The van der Waals surface area contributed by atoms with Gasteiger partial charge >= 0.3 is 0 Å². The van der Waals surface area contributed by atoms with Crippen LogP contribution in [-0.2, 0) is 6.54 Å². The van der Waals surface area contributed by atoms with E-state index in [1.807, 2.05) is 26.1 Å². The van der Waals surface area contributed by atoms with Gasteiger partial charge in [0.05, 0.1) is 11.6 Å². The summed E-state index contributed by atoms with van der Waals surface area (Å²) in [6, 6.07) is 6.03. The zero-order chi connectivity index (χ0) is 14.4. The Morgan fingerprint density at radius 2 is 2.05 bits per heavy atom. The second-order valence-electron chi connectivity index (χ2n) is 5.44. The Bertz CT molecular complexity index is 421. The van der Waals surface area contributed by atoms with E-state index < -0.39 is 0 Å². The van der Waals surface area contributed by atoms with E-state index in [-0.39, 0.29) is 12.4 Å². The zero-order valence-corrected chi connectivity index (χ0v) is 14.5. The highest BCUT2D eigenvalue weighted by Gasteiger charge is 2.20. The molecular formula is C16H26Cl2N2O. The molecule has 1 N–H and O–H groups in total. The van der Waals surface area contributed by atoms with Crippen LogP contribution in [0.25, 0.3) is 0 Å². The summed E-state index contributed by atoms with van der Waals surface area (Å²) in [5, 5.41) is 4.00. The molecule has 0 spiro atoms. The molecule has 1 saturated heterocycles. The zero-order valence-electron chi connectivity index (χ0n) is 12.9. The molecule has 1 aromatic carbocycles. The van der Waals surface area contributed by atoms with E-state index in [2.05, 4.69) is 16.3 Å². The van der Waals surface area contributed by atoms with Crippen molar-refractivity contribution in [2.24, 2.45) is 5.92 Å². The SMILES string of the molecule is CCOc1c(Cl)cccc1CN1CCC(CNC)CC1.Cl. The predicted molar refractivity (Wildman–Crippen MR) is 91.8 cm³/mol. The number of hydrogen-bond donors (Lipinski definition) is 1. The summed E-state index contributed by atoms with van der Waals surface area (Å²) >= 11 is 6.24. The molecule has 3 nitrogen and oxygen atoms in total. The number of likely N-dealkylation sites (tertiary alicyclic amines) is 1. The van der Waals surface area contributed by atoms with Crippen LogP contribution in [0.1, 0.15) is 25.3 Å². The van der Waals surface area contributed by atoms with Crippen LogP contribution in [0, 0.1) is 5.92 Å². The Hall–Kier alpha value is -0.480. The minimum Gasteiger partial charge on any atom is -0.492 e. The van der Waals surface area contributed by atoms with Gasteiger partial charge in [0.2, 0.25) is 0 Å². The summed E-state index contributed by atoms with van der Waals surface area (Å²) in [7, 11) is 2.03. The molecule has 0 aromatic heterocycles. The predicted octanol–water partition coefficient (Wildman–Crippen LogP) is 3.59. The third-order valence-electron chi connectivity index (χ3n) is 3.93. The maximum absolute atomic E-state index is 6.24. The van der Waals surface area contributed by atoms with Crippen molar-refractivity contribution < 1.29 is 4.74 Å². The van der Waals surface area contributed by atoms with Gasteiger partial charge in [0.1, 0.15) is 5.75 Å². The molecule has 0 aliphatic carbocycles. The number of piperidine rings is 1. The van der Waals surface area contributed by atoms with Gasteiger partial charge in [-0.25, -0.2) is 0 Å². The molecule has 0 atom stereocenters. The van der Waals surface area contributed by atoms with Crippen molar-refractivity contribution in [1.29, 1.82) is 0 Å². The van der Waals surface area contributed by atoms with Crippen molar-refractivity contribution in [3.05, 3.63) is 28.8 Å². The largest absolute Gasteiger partial charge is 0.492 e. The van der Waals surface area contributed by atoms with E-state index in [0.717, 1.165) is 42.9 Å². The molecular weight excluding hydrogens is 307 g/mol. The van der Waals surface area contributed by atoms with Crippen LogP contribution in [0.5, 0.6) is 5.75 Å². The molecule has 1 fully saturated rings. The Morgan fingerprint density at radius 1 is 1.33 bits per heavy atom. The Labute approximate surface area is 139 Å². The lowest BCUT2D eigenvalue weighted by Gasteiger charge is -2.32. The van der Waals surface area contributed by atoms with Crippen molar-refractivity contribution >= 4 is 24.0 Å². The van der Waals surface area contributed by atoms with Crippen molar-refractivity contribution in [3.63, 3.8) is 0 Å². The third-order valence-corrected chi connectivity index (χ3v) is 4.23. The summed E-state index contributed by atoms with van der Waals surface area (Å²) in [5.41, 5.74) is 1.20. The maximum atomic E-state index is 6.24. The fourth-order valence-electron chi connectivity index (χ4n) is 2.86. The number of hydrogen-bond acceptors (Lipinski definition) is 3. The number of nitrogens with one attached hydrogen (secondary N) is 1. The monoisotopic (exact) mass is 332 g/mol. The Balaban J connectivity index is 0.00000220. The summed E-state index contributed by atoms with van der Waals surface area (Å²) in [6.07, 6.45) is 2.54. The molecule has 1 aromatic rings. The van der Waals surface area contributed by atoms with Crippen LogP contribution in [0.3, 0.4) is 0 Å². The van der Waals surface area contributed by atoms with Gasteiger partial charge in [-0.15, -0.1) is 12.4 Å². The van der Waals surface area contributed by atoms with Crippen LogP contribution < -0.4 is 10.1 Å². The molecule has 1 aliphatic rings. The molecule has 120 valence electrons. The first-order valence-corrected chi connectivity index (χ1v) is 7.89. The lowest BCUT2D eigenvalue weighted by molar-refractivity contribution is 0.174. The van der Waals surface area contributed by atoms with E-state index in [1.165, 1.54) is 18.4 Å². The van der Waals surface area contributed by atoms with E-state index >= 15 is 0 Å². The first-order chi connectivity index (χ1) is 9.74. The third kappa shape index (κ3) is 5.33. The standard InChI is InChI=1S/C16H25ClN2O.ClH/c1-3-20-16-14(5-4-6-15(16)17)12-19-9-7-13(8-10-19)11-18-2;/h4-6,13,18H,3,7-12H2,1-2H3;1H. The smallest absolute Gasteiger partial charge is 0.142 e. The number of benzene rings is 1. The Morgan fingerprint density at radius 3 is 2.67 bits per heavy atom. The van der Waals surface area contributed by atoms with Crippen LogP contribution >= 0.6 is 24.0 Å². The van der Waals surface area contributed by atoms with Crippen molar-refractivity contribution in [2.45, 2.75) is 26.3 Å². The van der Waals surface area contributed by atoms with Crippen molar-refractivity contribution in [3.8, 4) is 5.75 Å². The van der Waals surface area contributed by atoms with E-state index in [9.17, 15) is 0 Å². The average molecular weight is 333 g/mol. The minimum absolute atomic E-state index is 0. The number of halogens is 2. The van der Waals surface area contributed by atoms with E-state index in [0.29, 0.717) is 6.61 Å². The number of ether oxygens (including phenoxy) is 1. The first kappa shape index (κ1) is 18.6. The maximum Gasteiger partial charge on any atom is 0.142 e. The fourth-order valence-corrected chi connectivity index (χ4v) is 3.11. The number of rotatable bonds is 6. The quantitative estimate of drug-likeness (QED) is 0.861. The molecule has 5 heteroatoms. The van der Waals surface area contributed by atoms with E-state index in [1.54, 1.807) is 0 Å². The van der Waals surface area contributed by atoms with Crippen molar-refractivity contribution in [2.75, 3.05) is 33.3 Å². The van der Waals surface area contributed by atoms with Gasteiger partial charge in [0, 0.05) is 12.1 Å². The Kier molecular flexibility index (Phi) is 8.42. The van der Waals surface area contributed by atoms with Gasteiger partial charge in [0.25, 0.3) is 0 Å². The topological polar surface area (TPSA) is 24.5 Å². The highest BCUT2D eigenvalue weighted by Crippen LogP contribution is 2.30. The molecule has 1 aliphatic heterocycles. The molecule has 1 heterocycles. The fraction of sp³-hybridized carbons (Fsp3) is 0.625. The number of para-hydroxylation sites is 1. The van der Waals surface area contributed by atoms with Gasteiger partial charge in [-0.05, 0) is 58.4 Å². The molecule has 0 radical (unpaired) electrons. The molecule has 0 amide bonds. The van der Waals surface area contributed by atoms with Crippen molar-refractivity contribution in [1.82, 2.24) is 10.2 Å². The van der Waals surface area contributed by atoms with E-state index in [4.69, 9.17) is 16.3 Å². The minimum atomic E-state index is 0. The molecule has 0 unspecified atom stereocenters. The lowest BCUT2D eigenvalue weighted by Crippen LogP contribution is -2.36. The van der Waals surface area contributed by atoms with Gasteiger partial charge < -0.3 is 10.1 Å². The normalized spacial score (nSPS) is 16.5.